The second-order valence-electron chi connectivity index (χ2n) is 4.94. The summed E-state index contributed by atoms with van der Waals surface area (Å²) in [6.07, 6.45) is 0. The summed E-state index contributed by atoms with van der Waals surface area (Å²) in [4.78, 5) is 24.8. The van der Waals surface area contributed by atoms with Crippen molar-refractivity contribution in [1.29, 1.82) is 0 Å². The van der Waals surface area contributed by atoms with E-state index in [0.717, 1.165) is 16.8 Å². The first-order valence-corrected chi connectivity index (χ1v) is 6.59. The van der Waals surface area contributed by atoms with Gasteiger partial charge in [0.25, 0.3) is 0 Å². The molecule has 2 aromatic rings. The van der Waals surface area contributed by atoms with Crippen molar-refractivity contribution in [1.82, 2.24) is 4.90 Å². The van der Waals surface area contributed by atoms with E-state index < -0.39 is 5.97 Å². The van der Waals surface area contributed by atoms with Crippen molar-refractivity contribution < 1.29 is 14.7 Å². The first-order valence-electron chi connectivity index (χ1n) is 6.59. The van der Waals surface area contributed by atoms with Gasteiger partial charge >= 0.3 is 12.0 Å². The smallest absolute Gasteiger partial charge is 0.335 e. The zero-order valence-electron chi connectivity index (χ0n) is 11.2. The maximum Gasteiger partial charge on any atom is 0.335 e. The van der Waals surface area contributed by atoms with E-state index in [1.165, 1.54) is 0 Å². The van der Waals surface area contributed by atoms with Crippen LogP contribution in [0.25, 0.3) is 0 Å². The lowest BCUT2D eigenvalue weighted by Gasteiger charge is -2.16. The van der Waals surface area contributed by atoms with Crippen molar-refractivity contribution >= 4 is 17.7 Å². The molecule has 0 atom stereocenters. The number of anilines is 1. The van der Waals surface area contributed by atoms with Crippen LogP contribution in [0.1, 0.15) is 21.5 Å². The molecular formula is C16H14N2O3. The van der Waals surface area contributed by atoms with Crippen LogP contribution in [0.2, 0.25) is 0 Å². The minimum atomic E-state index is -0.954. The Morgan fingerprint density at radius 1 is 1.00 bits per heavy atom. The Balaban J connectivity index is 1.72. The average molecular weight is 282 g/mol. The van der Waals surface area contributed by atoms with Gasteiger partial charge in [-0.05, 0) is 35.4 Å². The Kier molecular flexibility index (Phi) is 3.31. The van der Waals surface area contributed by atoms with E-state index in [1.807, 2.05) is 30.3 Å². The molecule has 1 heterocycles. The van der Waals surface area contributed by atoms with E-state index in [0.29, 0.717) is 13.1 Å². The molecule has 2 aromatic carbocycles. The minimum Gasteiger partial charge on any atom is -0.478 e. The Hall–Kier alpha value is -2.82. The van der Waals surface area contributed by atoms with Crippen LogP contribution in [0.5, 0.6) is 0 Å². The molecule has 0 fully saturated rings. The maximum atomic E-state index is 12.2. The highest BCUT2D eigenvalue weighted by Gasteiger charge is 2.24. The number of para-hydroxylation sites is 1. The van der Waals surface area contributed by atoms with Crippen LogP contribution in [0, 0.1) is 0 Å². The molecule has 0 spiro atoms. The van der Waals surface area contributed by atoms with Gasteiger partial charge in [-0.25, -0.2) is 9.59 Å². The number of carboxylic acids is 1. The Bertz CT molecular complexity index is 698. The zero-order chi connectivity index (χ0) is 14.8. The fourth-order valence-corrected chi connectivity index (χ4v) is 2.40. The quantitative estimate of drug-likeness (QED) is 0.889. The second-order valence-corrected chi connectivity index (χ2v) is 4.94. The molecule has 2 N–H and O–H groups in total. The lowest BCUT2D eigenvalue weighted by atomic mass is 10.1. The van der Waals surface area contributed by atoms with Crippen LogP contribution >= 0.6 is 0 Å². The summed E-state index contributed by atoms with van der Waals surface area (Å²) >= 11 is 0. The molecule has 3 rings (SSSR count). The standard InChI is InChI=1S/C16H14N2O3/c19-15(20)11-6-7-12-9-18(10-13(12)8-11)16(21)17-14-4-2-1-3-5-14/h1-8H,9-10H2,(H,17,21)(H,19,20). The van der Waals surface area contributed by atoms with E-state index in [1.54, 1.807) is 23.1 Å². The molecular weight excluding hydrogens is 268 g/mol. The number of benzene rings is 2. The highest BCUT2D eigenvalue weighted by molar-refractivity contribution is 5.90. The number of urea groups is 1. The number of hydrogen-bond donors (Lipinski definition) is 2. The molecule has 0 bridgehead atoms. The van der Waals surface area contributed by atoms with E-state index in [4.69, 9.17) is 5.11 Å². The van der Waals surface area contributed by atoms with E-state index in [-0.39, 0.29) is 11.6 Å². The Labute approximate surface area is 121 Å². The van der Waals surface area contributed by atoms with Gasteiger partial charge in [0.05, 0.1) is 5.56 Å². The summed E-state index contributed by atoms with van der Waals surface area (Å²) < 4.78 is 0. The number of carboxylic acid groups (broad SMARTS) is 1. The third-order valence-electron chi connectivity index (χ3n) is 3.49. The lowest BCUT2D eigenvalue weighted by molar-refractivity contribution is 0.0696. The third-order valence-corrected chi connectivity index (χ3v) is 3.49. The lowest BCUT2D eigenvalue weighted by Crippen LogP contribution is -2.30. The van der Waals surface area contributed by atoms with Gasteiger partial charge in [-0.15, -0.1) is 0 Å². The number of rotatable bonds is 2. The minimum absolute atomic E-state index is 0.186. The summed E-state index contributed by atoms with van der Waals surface area (Å²) in [7, 11) is 0. The third kappa shape index (κ3) is 2.72. The highest BCUT2D eigenvalue weighted by Crippen LogP contribution is 2.24. The number of nitrogens with zero attached hydrogens (tertiary/aromatic N) is 1. The van der Waals surface area contributed by atoms with Crippen LogP contribution in [0.15, 0.2) is 48.5 Å². The van der Waals surface area contributed by atoms with Crippen LogP contribution in [-0.4, -0.2) is 22.0 Å². The number of hydrogen-bond acceptors (Lipinski definition) is 2. The molecule has 5 heteroatoms. The molecule has 1 aliphatic rings. The van der Waals surface area contributed by atoms with Gasteiger partial charge in [0.2, 0.25) is 0 Å². The van der Waals surface area contributed by atoms with Crippen molar-refractivity contribution in [3.05, 3.63) is 65.2 Å². The van der Waals surface area contributed by atoms with Crippen molar-refractivity contribution in [3.8, 4) is 0 Å². The SMILES string of the molecule is O=C(O)c1ccc2c(c1)CN(C(=O)Nc1ccccc1)C2. The molecule has 0 aromatic heterocycles. The summed E-state index contributed by atoms with van der Waals surface area (Å²) in [5, 5.41) is 11.8. The first-order chi connectivity index (χ1) is 10.1. The van der Waals surface area contributed by atoms with Gasteiger partial charge in [0.1, 0.15) is 0 Å². The van der Waals surface area contributed by atoms with Crippen molar-refractivity contribution in [3.63, 3.8) is 0 Å². The van der Waals surface area contributed by atoms with Crippen LogP contribution < -0.4 is 5.32 Å². The number of carbonyl (C=O) groups excluding carboxylic acids is 1. The van der Waals surface area contributed by atoms with E-state index in [9.17, 15) is 9.59 Å². The number of aromatic carboxylic acids is 1. The molecule has 5 nitrogen and oxygen atoms in total. The van der Waals surface area contributed by atoms with E-state index >= 15 is 0 Å². The molecule has 0 radical (unpaired) electrons. The molecule has 0 saturated heterocycles. The second kappa shape index (κ2) is 5.28. The van der Waals surface area contributed by atoms with Crippen molar-refractivity contribution in [2.75, 3.05) is 5.32 Å². The predicted octanol–water partition coefficient (Wildman–Crippen LogP) is 2.93. The molecule has 106 valence electrons. The van der Waals surface area contributed by atoms with Crippen molar-refractivity contribution in [2.24, 2.45) is 0 Å². The molecule has 21 heavy (non-hydrogen) atoms. The van der Waals surface area contributed by atoms with Crippen LogP contribution in [0.3, 0.4) is 0 Å². The zero-order valence-corrected chi connectivity index (χ0v) is 11.2. The number of nitrogens with one attached hydrogen (secondary N) is 1. The number of carbonyl (C=O) groups is 2. The van der Waals surface area contributed by atoms with Gasteiger partial charge < -0.3 is 15.3 Å². The summed E-state index contributed by atoms with van der Waals surface area (Å²) in [6, 6.07) is 14.0. The Morgan fingerprint density at radius 2 is 1.71 bits per heavy atom. The molecule has 0 unspecified atom stereocenters. The van der Waals surface area contributed by atoms with Crippen LogP contribution in [-0.2, 0) is 13.1 Å². The fraction of sp³-hybridized carbons (Fsp3) is 0.125. The molecule has 1 aliphatic heterocycles. The summed E-state index contributed by atoms with van der Waals surface area (Å²) in [5.41, 5.74) is 2.87. The maximum absolute atomic E-state index is 12.2. The van der Waals surface area contributed by atoms with Gasteiger partial charge in [0.15, 0.2) is 0 Å². The predicted molar refractivity (Wildman–Crippen MR) is 78.1 cm³/mol. The fourth-order valence-electron chi connectivity index (χ4n) is 2.40. The number of fused-ring (bicyclic) bond motifs is 1. The van der Waals surface area contributed by atoms with E-state index in [2.05, 4.69) is 5.32 Å². The molecule has 0 aliphatic carbocycles. The number of amides is 2. The monoisotopic (exact) mass is 282 g/mol. The van der Waals surface area contributed by atoms with Gasteiger partial charge in [-0.1, -0.05) is 24.3 Å². The topological polar surface area (TPSA) is 69.6 Å². The first kappa shape index (κ1) is 13.2. The van der Waals surface area contributed by atoms with Crippen molar-refractivity contribution in [2.45, 2.75) is 13.1 Å². The largest absolute Gasteiger partial charge is 0.478 e. The van der Waals surface area contributed by atoms with Crippen LogP contribution in [0.4, 0.5) is 10.5 Å². The van der Waals surface area contributed by atoms with Gasteiger partial charge in [-0.3, -0.25) is 0 Å². The highest BCUT2D eigenvalue weighted by atomic mass is 16.4. The summed E-state index contributed by atoms with van der Waals surface area (Å²) in [5.74, 6) is -0.954. The molecule has 0 saturated carbocycles. The van der Waals surface area contributed by atoms with Gasteiger partial charge in [0, 0.05) is 18.8 Å². The normalized spacial score (nSPS) is 12.9. The summed E-state index contributed by atoms with van der Waals surface area (Å²) in [6.45, 7) is 0.920. The molecule has 2 amide bonds. The Morgan fingerprint density at radius 3 is 2.43 bits per heavy atom. The average Bonchev–Trinajstić information content (AvgIpc) is 2.91. The van der Waals surface area contributed by atoms with Gasteiger partial charge in [-0.2, -0.15) is 0 Å².